The van der Waals surface area contributed by atoms with Gasteiger partial charge in [-0.2, -0.15) is 0 Å². The van der Waals surface area contributed by atoms with E-state index < -0.39 is 5.97 Å². The Morgan fingerprint density at radius 1 is 1.05 bits per heavy atom. The number of halogens is 3. The lowest BCUT2D eigenvalue weighted by Crippen LogP contribution is -2.15. The van der Waals surface area contributed by atoms with E-state index in [1.165, 1.54) is 18.2 Å². The number of rotatable bonds is 4. The van der Waals surface area contributed by atoms with Crippen LogP contribution in [0, 0.1) is 0 Å². The van der Waals surface area contributed by atoms with Crippen molar-refractivity contribution in [2.75, 3.05) is 6.61 Å². The summed E-state index contributed by atoms with van der Waals surface area (Å²) in [6, 6.07) is 11.3. The third-order valence-corrected chi connectivity index (χ3v) is 3.90. The first-order chi connectivity index (χ1) is 9.99. The van der Waals surface area contributed by atoms with E-state index in [0.29, 0.717) is 15.1 Å². The summed E-state index contributed by atoms with van der Waals surface area (Å²) in [4.78, 5) is 23.9. The van der Waals surface area contributed by atoms with Gasteiger partial charge in [0.25, 0.3) is 0 Å². The highest BCUT2D eigenvalue weighted by Gasteiger charge is 2.16. The maximum Gasteiger partial charge on any atom is 0.340 e. The number of carbonyl (C=O) groups is 2. The van der Waals surface area contributed by atoms with Crippen molar-refractivity contribution in [3.63, 3.8) is 0 Å². The molecular formula is C15H9BrCl2O3. The van der Waals surface area contributed by atoms with Crippen LogP contribution in [0.15, 0.2) is 46.9 Å². The number of hydrogen-bond donors (Lipinski definition) is 0. The summed E-state index contributed by atoms with van der Waals surface area (Å²) in [6.07, 6.45) is 0. The summed E-state index contributed by atoms with van der Waals surface area (Å²) in [5.41, 5.74) is 0.619. The Kier molecular flexibility index (Phi) is 5.39. The largest absolute Gasteiger partial charge is 0.454 e. The fraction of sp³-hybridized carbons (Fsp3) is 0.0667. The topological polar surface area (TPSA) is 43.4 Å². The number of carbonyl (C=O) groups excluding carboxylic acids is 2. The first-order valence-electron chi connectivity index (χ1n) is 5.89. The minimum atomic E-state index is -0.669. The van der Waals surface area contributed by atoms with Crippen LogP contribution >= 0.6 is 39.1 Å². The number of ether oxygens (including phenoxy) is 1. The van der Waals surface area contributed by atoms with Crippen molar-refractivity contribution in [3.05, 3.63) is 68.1 Å². The van der Waals surface area contributed by atoms with Gasteiger partial charge >= 0.3 is 5.97 Å². The normalized spacial score (nSPS) is 10.2. The maximum atomic E-state index is 12.0. The average molecular weight is 388 g/mol. The molecule has 0 unspecified atom stereocenters. The number of Topliss-reactive ketones (excluding diaryl/α,β-unsaturated/α-hetero) is 1. The Morgan fingerprint density at radius 3 is 2.43 bits per heavy atom. The van der Waals surface area contributed by atoms with E-state index in [0.717, 1.165) is 0 Å². The van der Waals surface area contributed by atoms with Gasteiger partial charge in [0.05, 0.1) is 10.6 Å². The molecule has 0 atom stereocenters. The second kappa shape index (κ2) is 7.07. The Bertz CT molecular complexity index is 701. The molecule has 2 aromatic rings. The lowest BCUT2D eigenvalue weighted by atomic mass is 10.1. The molecule has 0 N–H and O–H groups in total. The highest BCUT2D eigenvalue weighted by Crippen LogP contribution is 2.22. The summed E-state index contributed by atoms with van der Waals surface area (Å²) in [6.45, 7) is -0.361. The quantitative estimate of drug-likeness (QED) is 0.559. The zero-order chi connectivity index (χ0) is 15.4. The first kappa shape index (κ1) is 16.0. The molecule has 0 aliphatic heterocycles. The van der Waals surface area contributed by atoms with Crippen molar-refractivity contribution >= 4 is 50.9 Å². The van der Waals surface area contributed by atoms with Crippen molar-refractivity contribution in [2.45, 2.75) is 0 Å². The zero-order valence-corrected chi connectivity index (χ0v) is 13.7. The molecule has 21 heavy (non-hydrogen) atoms. The molecular weight excluding hydrogens is 379 g/mol. The van der Waals surface area contributed by atoms with Crippen LogP contribution in [0.4, 0.5) is 0 Å². The Morgan fingerprint density at radius 2 is 1.76 bits per heavy atom. The lowest BCUT2D eigenvalue weighted by molar-refractivity contribution is 0.0474. The first-order valence-corrected chi connectivity index (χ1v) is 7.44. The fourth-order valence-corrected chi connectivity index (χ4v) is 2.62. The number of ketones is 1. The highest BCUT2D eigenvalue weighted by atomic mass is 79.9. The minimum absolute atomic E-state index is 0.168. The van der Waals surface area contributed by atoms with E-state index >= 15 is 0 Å². The third-order valence-electron chi connectivity index (χ3n) is 2.66. The second-order valence-corrected chi connectivity index (χ2v) is 5.80. The van der Waals surface area contributed by atoms with Crippen LogP contribution in [0.5, 0.6) is 0 Å². The number of hydrogen-bond acceptors (Lipinski definition) is 3. The molecule has 0 bridgehead atoms. The van der Waals surface area contributed by atoms with Gasteiger partial charge in [-0.15, -0.1) is 0 Å². The van der Waals surface area contributed by atoms with Crippen molar-refractivity contribution in [1.29, 1.82) is 0 Å². The van der Waals surface area contributed by atoms with Gasteiger partial charge in [-0.05, 0) is 24.3 Å². The predicted octanol–water partition coefficient (Wildman–Crippen LogP) is 4.80. The predicted molar refractivity (Wildman–Crippen MR) is 85.2 cm³/mol. The van der Waals surface area contributed by atoms with Gasteiger partial charge < -0.3 is 4.74 Å². The van der Waals surface area contributed by atoms with Crippen molar-refractivity contribution in [3.8, 4) is 0 Å². The number of benzene rings is 2. The van der Waals surface area contributed by atoms with E-state index in [2.05, 4.69) is 15.9 Å². The van der Waals surface area contributed by atoms with E-state index in [9.17, 15) is 9.59 Å². The lowest BCUT2D eigenvalue weighted by Gasteiger charge is -2.07. The van der Waals surface area contributed by atoms with E-state index in [4.69, 9.17) is 27.9 Å². The smallest absolute Gasteiger partial charge is 0.340 e. The molecule has 0 radical (unpaired) electrons. The van der Waals surface area contributed by atoms with Gasteiger partial charge in [0, 0.05) is 15.1 Å². The maximum absolute atomic E-state index is 12.0. The van der Waals surface area contributed by atoms with Crippen LogP contribution in [-0.4, -0.2) is 18.4 Å². The van der Waals surface area contributed by atoms with Gasteiger partial charge in [-0.1, -0.05) is 57.3 Å². The fourth-order valence-electron chi connectivity index (χ4n) is 1.63. The molecule has 2 aromatic carbocycles. The van der Waals surface area contributed by atoms with Crippen LogP contribution in [0.1, 0.15) is 20.7 Å². The van der Waals surface area contributed by atoms with Crippen LogP contribution in [0.2, 0.25) is 10.0 Å². The molecule has 2 rings (SSSR count). The van der Waals surface area contributed by atoms with Gasteiger partial charge in [-0.3, -0.25) is 4.79 Å². The van der Waals surface area contributed by atoms with Crippen LogP contribution in [-0.2, 0) is 4.74 Å². The van der Waals surface area contributed by atoms with Crippen LogP contribution in [0.3, 0.4) is 0 Å². The zero-order valence-electron chi connectivity index (χ0n) is 10.6. The summed E-state index contributed by atoms with van der Waals surface area (Å²) >= 11 is 14.9. The minimum Gasteiger partial charge on any atom is -0.454 e. The molecule has 0 heterocycles. The number of esters is 1. The molecule has 0 amide bonds. The molecule has 108 valence electrons. The summed E-state index contributed by atoms with van der Waals surface area (Å²) in [7, 11) is 0. The van der Waals surface area contributed by atoms with E-state index in [-0.39, 0.29) is 23.0 Å². The summed E-state index contributed by atoms with van der Waals surface area (Å²) < 4.78 is 5.63. The monoisotopic (exact) mass is 386 g/mol. The molecule has 0 saturated carbocycles. The second-order valence-electron chi connectivity index (χ2n) is 4.10. The molecule has 0 spiro atoms. The van der Waals surface area contributed by atoms with E-state index in [1.807, 2.05) is 0 Å². The van der Waals surface area contributed by atoms with Crippen LogP contribution in [0.25, 0.3) is 0 Å². The molecule has 0 saturated heterocycles. The molecule has 3 nitrogen and oxygen atoms in total. The molecule has 0 aromatic heterocycles. The standard InChI is InChI=1S/C15H9BrCl2O3/c16-12-4-2-1-3-10(12)14(19)8-21-15(20)11-6-5-9(17)7-13(11)18/h1-7H,8H2. The van der Waals surface area contributed by atoms with Crippen molar-refractivity contribution in [1.82, 2.24) is 0 Å². The van der Waals surface area contributed by atoms with Gasteiger partial charge in [0.1, 0.15) is 0 Å². The molecule has 0 aliphatic rings. The Balaban J connectivity index is 2.04. The van der Waals surface area contributed by atoms with Gasteiger partial charge in [0.15, 0.2) is 6.61 Å². The van der Waals surface area contributed by atoms with Crippen LogP contribution < -0.4 is 0 Å². The highest BCUT2D eigenvalue weighted by molar-refractivity contribution is 9.10. The third kappa shape index (κ3) is 4.06. The Hall–Kier alpha value is -1.36. The summed E-state index contributed by atoms with van der Waals surface area (Å²) in [5, 5.41) is 0.599. The van der Waals surface area contributed by atoms with Crippen molar-refractivity contribution < 1.29 is 14.3 Å². The van der Waals surface area contributed by atoms with E-state index in [1.54, 1.807) is 24.3 Å². The van der Waals surface area contributed by atoms with Crippen molar-refractivity contribution in [2.24, 2.45) is 0 Å². The molecule has 0 aliphatic carbocycles. The van der Waals surface area contributed by atoms with Gasteiger partial charge in [0.2, 0.25) is 5.78 Å². The molecule has 6 heteroatoms. The summed E-state index contributed by atoms with van der Waals surface area (Å²) in [5.74, 6) is -0.974. The molecule has 0 fully saturated rings. The average Bonchev–Trinajstić information content (AvgIpc) is 2.45. The Labute approximate surface area is 139 Å². The van der Waals surface area contributed by atoms with Gasteiger partial charge in [-0.25, -0.2) is 4.79 Å². The SMILES string of the molecule is O=C(OCC(=O)c1ccccc1Br)c1ccc(Cl)cc1Cl.